The summed E-state index contributed by atoms with van der Waals surface area (Å²) in [6, 6.07) is 4.10. The second-order valence-electron chi connectivity index (χ2n) is 6.60. The van der Waals surface area contributed by atoms with Gasteiger partial charge in [0.15, 0.2) is 17.7 Å². The van der Waals surface area contributed by atoms with Gasteiger partial charge < -0.3 is 25.8 Å². The first kappa shape index (κ1) is 26.1. The van der Waals surface area contributed by atoms with E-state index in [0.717, 1.165) is 11.8 Å². The minimum absolute atomic E-state index is 0. The van der Waals surface area contributed by atoms with Crippen molar-refractivity contribution in [2.75, 3.05) is 0 Å². The highest BCUT2D eigenvalue weighted by atomic mass is 35.5. The number of amides is 2. The third kappa shape index (κ3) is 7.59. The first-order valence-electron chi connectivity index (χ1n) is 8.40. The minimum atomic E-state index is -1.44. The van der Waals surface area contributed by atoms with E-state index in [0.29, 0.717) is 5.56 Å². The fourth-order valence-corrected chi connectivity index (χ4v) is 2.52. The first-order chi connectivity index (χ1) is 12.8. The lowest BCUT2D eigenvalue weighted by atomic mass is 9.94. The zero-order valence-corrected chi connectivity index (χ0v) is 17.1. The number of carboxylic acid groups (broad SMARTS) is 1. The number of phenols is 2. The Bertz CT molecular complexity index is 761. The number of hydrogen-bond donors (Lipinski definition) is 4. The van der Waals surface area contributed by atoms with E-state index in [4.69, 9.17) is 20.4 Å². The molecule has 0 aromatic heterocycles. The molecule has 2 atom stereocenters. The topological polar surface area (TPSA) is 167 Å². The quantitative estimate of drug-likeness (QED) is 0.300. The van der Waals surface area contributed by atoms with Crippen molar-refractivity contribution in [3.05, 3.63) is 23.8 Å². The molecule has 11 heteroatoms. The molecule has 1 aliphatic rings. The number of likely N-dealkylation sites (tertiary alicyclic amines) is 1. The van der Waals surface area contributed by atoms with E-state index in [1.807, 2.05) is 0 Å². The summed E-state index contributed by atoms with van der Waals surface area (Å²) in [5, 5.41) is 26.2. The molecular formula is C18H25ClN2O8. The number of nitrogens with zero attached hydrogens (tertiary/aromatic N) is 1. The van der Waals surface area contributed by atoms with Crippen LogP contribution in [0, 0.1) is 0 Å². The van der Waals surface area contributed by atoms with E-state index in [2.05, 4.69) is 0 Å². The molecule has 1 aromatic carbocycles. The SMILES string of the molecule is CC(=O)O.CC(OC(=O)[C@@](C)(N)Cc1ccc(O)c(O)c1)N1C(=O)CCC1=O.Cl. The number of nitrogens with two attached hydrogens (primary N) is 1. The summed E-state index contributed by atoms with van der Waals surface area (Å²) in [6.45, 7) is 3.96. The molecule has 0 radical (unpaired) electrons. The number of imide groups is 1. The van der Waals surface area contributed by atoms with Gasteiger partial charge in [0.25, 0.3) is 5.97 Å². The second kappa shape index (κ2) is 10.6. The molecule has 0 aliphatic carbocycles. The largest absolute Gasteiger partial charge is 0.504 e. The van der Waals surface area contributed by atoms with Crippen LogP contribution in [0.3, 0.4) is 0 Å². The Morgan fingerprint density at radius 2 is 1.69 bits per heavy atom. The lowest BCUT2D eigenvalue weighted by Crippen LogP contribution is -2.51. The van der Waals surface area contributed by atoms with Gasteiger partial charge in [0.1, 0.15) is 5.54 Å². The summed E-state index contributed by atoms with van der Waals surface area (Å²) < 4.78 is 5.17. The number of phenolic OH excluding ortho intramolecular Hbond substituents is 2. The summed E-state index contributed by atoms with van der Waals surface area (Å²) >= 11 is 0. The maximum Gasteiger partial charge on any atom is 0.328 e. The van der Waals surface area contributed by atoms with E-state index in [9.17, 15) is 24.6 Å². The van der Waals surface area contributed by atoms with Crippen LogP contribution in [0.2, 0.25) is 0 Å². The lowest BCUT2D eigenvalue weighted by molar-refractivity contribution is -0.169. The van der Waals surface area contributed by atoms with Crippen LogP contribution in [-0.4, -0.2) is 55.7 Å². The number of carboxylic acids is 1. The van der Waals surface area contributed by atoms with Crippen LogP contribution in [-0.2, 0) is 30.3 Å². The van der Waals surface area contributed by atoms with Gasteiger partial charge in [-0.3, -0.25) is 14.4 Å². The Labute approximate surface area is 173 Å². The molecular weight excluding hydrogens is 408 g/mol. The number of halogens is 1. The zero-order valence-electron chi connectivity index (χ0n) is 16.2. The molecule has 1 unspecified atom stereocenters. The van der Waals surface area contributed by atoms with E-state index in [1.165, 1.54) is 32.0 Å². The van der Waals surface area contributed by atoms with Gasteiger partial charge in [-0.1, -0.05) is 6.07 Å². The smallest absolute Gasteiger partial charge is 0.328 e. The second-order valence-corrected chi connectivity index (χ2v) is 6.60. The maximum atomic E-state index is 12.3. The monoisotopic (exact) mass is 432 g/mol. The highest BCUT2D eigenvalue weighted by Gasteiger charge is 2.38. The fraction of sp³-hybridized carbons (Fsp3) is 0.444. The number of carbonyl (C=O) groups excluding carboxylic acids is 3. The van der Waals surface area contributed by atoms with Crippen LogP contribution in [0.5, 0.6) is 11.5 Å². The summed E-state index contributed by atoms with van der Waals surface area (Å²) in [5.41, 5.74) is 5.07. The molecule has 0 bridgehead atoms. The summed E-state index contributed by atoms with van der Waals surface area (Å²) in [6.07, 6.45) is -0.786. The van der Waals surface area contributed by atoms with Crippen molar-refractivity contribution < 1.29 is 39.2 Å². The summed E-state index contributed by atoms with van der Waals surface area (Å²) in [4.78, 5) is 45.5. The Morgan fingerprint density at radius 3 is 2.14 bits per heavy atom. The third-order valence-electron chi connectivity index (χ3n) is 3.81. The third-order valence-corrected chi connectivity index (χ3v) is 3.81. The van der Waals surface area contributed by atoms with Gasteiger partial charge in [0, 0.05) is 26.2 Å². The molecule has 1 fully saturated rings. The number of rotatable bonds is 5. The molecule has 5 N–H and O–H groups in total. The highest BCUT2D eigenvalue weighted by molar-refractivity contribution is 6.02. The normalized spacial score (nSPS) is 16.1. The maximum absolute atomic E-state index is 12.3. The van der Waals surface area contributed by atoms with Crippen LogP contribution in [0.25, 0.3) is 0 Å². The van der Waals surface area contributed by atoms with Gasteiger partial charge >= 0.3 is 5.97 Å². The molecule has 29 heavy (non-hydrogen) atoms. The molecule has 1 aromatic rings. The highest BCUT2D eigenvalue weighted by Crippen LogP contribution is 2.27. The van der Waals surface area contributed by atoms with Gasteiger partial charge in [0.2, 0.25) is 11.8 Å². The first-order valence-corrected chi connectivity index (χ1v) is 8.40. The Kier molecular flexibility index (Phi) is 9.58. The number of aromatic hydroxyl groups is 2. The van der Waals surface area contributed by atoms with Gasteiger partial charge in [-0.25, -0.2) is 9.69 Å². The minimum Gasteiger partial charge on any atom is -0.504 e. The van der Waals surface area contributed by atoms with Gasteiger partial charge in [-0.05, 0) is 31.5 Å². The van der Waals surface area contributed by atoms with Crippen LogP contribution in [0.4, 0.5) is 0 Å². The molecule has 162 valence electrons. The van der Waals surface area contributed by atoms with E-state index in [1.54, 1.807) is 0 Å². The molecule has 2 rings (SSSR count). The standard InChI is InChI=1S/C16H20N2O6.C2H4O2.ClH/c1-9(18-13(21)5-6-14(18)22)24-15(23)16(2,17)8-10-3-4-11(19)12(20)7-10;1-2(3)4;/h3-4,7,9,19-20H,5-6,8,17H2,1-2H3;1H3,(H,3,4);1H/t9?,16-;;/m0../s1. The number of benzene rings is 1. The van der Waals surface area contributed by atoms with E-state index >= 15 is 0 Å². The molecule has 10 nitrogen and oxygen atoms in total. The summed E-state index contributed by atoms with van der Waals surface area (Å²) in [5.74, 6) is -2.99. The predicted octanol–water partition coefficient (Wildman–Crippen LogP) is 0.909. The number of carbonyl (C=O) groups is 4. The Balaban J connectivity index is 0.00000143. The Hall–Kier alpha value is -2.85. The van der Waals surface area contributed by atoms with Crippen molar-refractivity contribution in [3.8, 4) is 11.5 Å². The predicted molar refractivity (Wildman–Crippen MR) is 103 cm³/mol. The number of ether oxygens (including phenoxy) is 1. The molecule has 0 saturated carbocycles. The van der Waals surface area contributed by atoms with Crippen LogP contribution >= 0.6 is 12.4 Å². The molecule has 1 heterocycles. The number of esters is 1. The van der Waals surface area contributed by atoms with Crippen LogP contribution < -0.4 is 5.73 Å². The van der Waals surface area contributed by atoms with Crippen LogP contribution in [0.1, 0.15) is 39.2 Å². The Morgan fingerprint density at radius 1 is 1.21 bits per heavy atom. The van der Waals surface area contributed by atoms with Gasteiger partial charge in [-0.15, -0.1) is 12.4 Å². The van der Waals surface area contributed by atoms with Crippen molar-refractivity contribution in [1.82, 2.24) is 4.90 Å². The van der Waals surface area contributed by atoms with Crippen molar-refractivity contribution in [2.24, 2.45) is 5.73 Å². The average Bonchev–Trinajstić information content (AvgIpc) is 2.89. The molecule has 1 aliphatic heterocycles. The van der Waals surface area contributed by atoms with Crippen molar-refractivity contribution in [1.29, 1.82) is 0 Å². The zero-order chi connectivity index (χ0) is 21.6. The number of hydrogen-bond acceptors (Lipinski definition) is 8. The molecule has 2 amide bonds. The van der Waals surface area contributed by atoms with Gasteiger partial charge in [0.05, 0.1) is 0 Å². The lowest BCUT2D eigenvalue weighted by Gasteiger charge is -2.28. The molecule has 1 saturated heterocycles. The van der Waals surface area contributed by atoms with E-state index < -0.39 is 23.7 Å². The van der Waals surface area contributed by atoms with Crippen LogP contribution in [0.15, 0.2) is 18.2 Å². The van der Waals surface area contributed by atoms with Gasteiger partial charge in [-0.2, -0.15) is 0 Å². The number of aliphatic carboxylic acids is 1. The van der Waals surface area contributed by atoms with E-state index in [-0.39, 0.29) is 55.0 Å². The van der Waals surface area contributed by atoms with Crippen molar-refractivity contribution in [2.45, 2.75) is 51.8 Å². The fourth-order valence-electron chi connectivity index (χ4n) is 2.52. The summed E-state index contributed by atoms with van der Waals surface area (Å²) in [7, 11) is 0. The molecule has 0 spiro atoms. The van der Waals surface area contributed by atoms with Crippen molar-refractivity contribution >= 4 is 36.2 Å². The van der Waals surface area contributed by atoms with Crippen molar-refractivity contribution in [3.63, 3.8) is 0 Å². The average molecular weight is 433 g/mol.